The molecule has 1 rings (SSSR count). The molecule has 0 amide bonds. The van der Waals surface area contributed by atoms with Crippen LogP contribution in [0.4, 0.5) is 0 Å². The molecule has 1 aromatic heterocycles. The second kappa shape index (κ2) is 3.73. The Bertz CT molecular complexity index is 324. The molecule has 0 fully saturated rings. The molecule has 0 atom stereocenters. The van der Waals surface area contributed by atoms with Crippen LogP contribution in [-0.2, 0) is 12.1 Å². The lowest BCUT2D eigenvalue weighted by atomic mass is 9.93. The smallest absolute Gasteiger partial charge is 0.0646 e. The van der Waals surface area contributed by atoms with Crippen LogP contribution in [0.25, 0.3) is 0 Å². The molecule has 0 bridgehead atoms. The molecule has 0 unspecified atom stereocenters. The minimum Gasteiger partial charge on any atom is -0.311 e. The predicted molar refractivity (Wildman–Crippen MR) is 59.5 cm³/mol. The van der Waals surface area contributed by atoms with Crippen LogP contribution >= 0.6 is 0 Å². The molecule has 14 heavy (non-hydrogen) atoms. The lowest BCUT2D eigenvalue weighted by Crippen LogP contribution is -2.34. The predicted octanol–water partition coefficient (Wildman–Crippen LogP) is 1.97. The van der Waals surface area contributed by atoms with Crippen molar-refractivity contribution in [3.63, 3.8) is 0 Å². The first kappa shape index (κ1) is 11.2. The normalized spacial score (nSPS) is 12.1. The van der Waals surface area contributed by atoms with E-state index in [2.05, 4.69) is 49.7 Å². The molecule has 1 N–H and O–H groups in total. The lowest BCUT2D eigenvalue weighted by Gasteiger charge is -2.25. The SMILES string of the molecule is CCn1nc(C)c(C(C)(C)NC)c1C. The fourth-order valence-corrected chi connectivity index (χ4v) is 2.03. The van der Waals surface area contributed by atoms with Crippen molar-refractivity contribution < 1.29 is 0 Å². The van der Waals surface area contributed by atoms with Crippen molar-refractivity contribution in [1.82, 2.24) is 15.1 Å². The van der Waals surface area contributed by atoms with Gasteiger partial charge in [-0.05, 0) is 41.7 Å². The second-order valence-corrected chi connectivity index (χ2v) is 4.24. The summed E-state index contributed by atoms with van der Waals surface area (Å²) in [6.45, 7) is 11.6. The summed E-state index contributed by atoms with van der Waals surface area (Å²) in [4.78, 5) is 0. The van der Waals surface area contributed by atoms with E-state index in [9.17, 15) is 0 Å². The summed E-state index contributed by atoms with van der Waals surface area (Å²) in [5, 5.41) is 7.84. The molecule has 0 saturated carbocycles. The van der Waals surface area contributed by atoms with Crippen molar-refractivity contribution in [2.24, 2.45) is 0 Å². The van der Waals surface area contributed by atoms with Gasteiger partial charge in [-0.2, -0.15) is 5.10 Å². The van der Waals surface area contributed by atoms with Gasteiger partial charge in [-0.1, -0.05) is 0 Å². The van der Waals surface area contributed by atoms with Crippen LogP contribution < -0.4 is 5.32 Å². The van der Waals surface area contributed by atoms with E-state index in [1.165, 1.54) is 11.3 Å². The van der Waals surface area contributed by atoms with Gasteiger partial charge < -0.3 is 5.32 Å². The average Bonchev–Trinajstić information content (AvgIpc) is 2.41. The van der Waals surface area contributed by atoms with Crippen molar-refractivity contribution in [2.45, 2.75) is 46.7 Å². The van der Waals surface area contributed by atoms with Gasteiger partial charge in [-0.3, -0.25) is 4.68 Å². The molecule has 0 spiro atoms. The van der Waals surface area contributed by atoms with E-state index in [0.29, 0.717) is 0 Å². The van der Waals surface area contributed by atoms with Crippen molar-refractivity contribution in [1.29, 1.82) is 0 Å². The van der Waals surface area contributed by atoms with E-state index in [-0.39, 0.29) is 5.54 Å². The van der Waals surface area contributed by atoms with Gasteiger partial charge >= 0.3 is 0 Å². The van der Waals surface area contributed by atoms with Gasteiger partial charge in [-0.25, -0.2) is 0 Å². The van der Waals surface area contributed by atoms with Gasteiger partial charge in [0.05, 0.1) is 5.69 Å². The molecule has 0 aromatic carbocycles. The third-order valence-corrected chi connectivity index (χ3v) is 2.93. The van der Waals surface area contributed by atoms with Crippen LogP contribution in [0.3, 0.4) is 0 Å². The average molecular weight is 195 g/mol. The summed E-state index contributed by atoms with van der Waals surface area (Å²) < 4.78 is 2.06. The summed E-state index contributed by atoms with van der Waals surface area (Å²) in [6.07, 6.45) is 0. The molecule has 3 heteroatoms. The van der Waals surface area contributed by atoms with Crippen molar-refractivity contribution in [3.8, 4) is 0 Å². The summed E-state index contributed by atoms with van der Waals surface area (Å²) >= 11 is 0. The Morgan fingerprint density at radius 2 is 1.93 bits per heavy atom. The maximum absolute atomic E-state index is 4.52. The zero-order chi connectivity index (χ0) is 10.9. The molecule has 1 heterocycles. The van der Waals surface area contributed by atoms with E-state index >= 15 is 0 Å². The van der Waals surface area contributed by atoms with Gasteiger partial charge in [0.2, 0.25) is 0 Å². The zero-order valence-electron chi connectivity index (χ0n) is 10.1. The van der Waals surface area contributed by atoms with Gasteiger partial charge in [0, 0.05) is 23.3 Å². The topological polar surface area (TPSA) is 29.9 Å². The van der Waals surface area contributed by atoms with Crippen molar-refractivity contribution in [2.75, 3.05) is 7.05 Å². The molecule has 0 aliphatic heterocycles. The number of aromatic nitrogens is 2. The first-order chi connectivity index (χ1) is 6.44. The molecule has 0 saturated heterocycles. The van der Waals surface area contributed by atoms with E-state index in [1.807, 2.05) is 7.05 Å². The first-order valence-corrected chi connectivity index (χ1v) is 5.17. The quantitative estimate of drug-likeness (QED) is 0.799. The fourth-order valence-electron chi connectivity index (χ4n) is 2.03. The molecule has 3 nitrogen and oxygen atoms in total. The minimum atomic E-state index is 0.00157. The van der Waals surface area contributed by atoms with Crippen LogP contribution in [0.2, 0.25) is 0 Å². The molecule has 1 aromatic rings. The number of aryl methyl sites for hydroxylation is 2. The highest BCUT2D eigenvalue weighted by Crippen LogP contribution is 2.26. The Morgan fingerprint density at radius 3 is 2.29 bits per heavy atom. The zero-order valence-corrected chi connectivity index (χ0v) is 10.1. The molecule has 0 aliphatic rings. The van der Waals surface area contributed by atoms with Crippen LogP contribution in [0, 0.1) is 13.8 Å². The number of hydrogen-bond donors (Lipinski definition) is 1. The third-order valence-electron chi connectivity index (χ3n) is 2.93. The van der Waals surface area contributed by atoms with Gasteiger partial charge in [0.1, 0.15) is 0 Å². The fraction of sp³-hybridized carbons (Fsp3) is 0.727. The minimum absolute atomic E-state index is 0.00157. The van der Waals surface area contributed by atoms with E-state index in [4.69, 9.17) is 0 Å². The van der Waals surface area contributed by atoms with E-state index in [0.717, 1.165) is 12.2 Å². The molecular formula is C11H21N3. The maximum Gasteiger partial charge on any atom is 0.0646 e. The van der Waals surface area contributed by atoms with Crippen molar-refractivity contribution >= 4 is 0 Å². The summed E-state index contributed by atoms with van der Waals surface area (Å²) in [6, 6.07) is 0. The highest BCUT2D eigenvalue weighted by Gasteiger charge is 2.25. The van der Waals surface area contributed by atoms with Gasteiger partial charge in [0.15, 0.2) is 0 Å². The monoisotopic (exact) mass is 195 g/mol. The lowest BCUT2D eigenvalue weighted by molar-refractivity contribution is 0.439. The third kappa shape index (κ3) is 1.69. The summed E-state index contributed by atoms with van der Waals surface area (Å²) in [5.74, 6) is 0. The van der Waals surface area contributed by atoms with Crippen LogP contribution in [0.5, 0.6) is 0 Å². The second-order valence-electron chi connectivity index (χ2n) is 4.24. The Balaban J connectivity index is 3.27. The van der Waals surface area contributed by atoms with Crippen LogP contribution in [0.15, 0.2) is 0 Å². The molecule has 0 aliphatic carbocycles. The highest BCUT2D eigenvalue weighted by atomic mass is 15.3. The van der Waals surface area contributed by atoms with Gasteiger partial charge in [-0.15, -0.1) is 0 Å². The molecule has 80 valence electrons. The standard InChI is InChI=1S/C11H21N3/c1-7-14-9(3)10(8(2)13-14)11(4,5)12-6/h12H,7H2,1-6H3. The Morgan fingerprint density at radius 1 is 1.36 bits per heavy atom. The number of nitrogens with zero attached hydrogens (tertiary/aromatic N) is 2. The Labute approximate surface area is 86.5 Å². The summed E-state index contributed by atoms with van der Waals surface area (Å²) in [7, 11) is 1.99. The highest BCUT2D eigenvalue weighted by molar-refractivity contribution is 5.31. The number of nitrogens with one attached hydrogen (secondary N) is 1. The van der Waals surface area contributed by atoms with E-state index in [1.54, 1.807) is 0 Å². The molecular weight excluding hydrogens is 174 g/mol. The Kier molecular flexibility index (Phi) is 3.00. The summed E-state index contributed by atoms with van der Waals surface area (Å²) in [5.41, 5.74) is 3.72. The van der Waals surface area contributed by atoms with Crippen LogP contribution in [-0.4, -0.2) is 16.8 Å². The largest absolute Gasteiger partial charge is 0.311 e. The van der Waals surface area contributed by atoms with Gasteiger partial charge in [0.25, 0.3) is 0 Å². The van der Waals surface area contributed by atoms with E-state index < -0.39 is 0 Å². The number of rotatable bonds is 3. The Hall–Kier alpha value is -0.830. The number of hydrogen-bond acceptors (Lipinski definition) is 2. The molecule has 0 radical (unpaired) electrons. The van der Waals surface area contributed by atoms with Crippen LogP contribution in [0.1, 0.15) is 37.7 Å². The first-order valence-electron chi connectivity index (χ1n) is 5.17. The van der Waals surface area contributed by atoms with Crippen molar-refractivity contribution in [3.05, 3.63) is 17.0 Å². The maximum atomic E-state index is 4.52.